The van der Waals surface area contributed by atoms with Gasteiger partial charge in [0.15, 0.2) is 0 Å². The van der Waals surface area contributed by atoms with Gasteiger partial charge in [0.05, 0.1) is 17.5 Å². The molecule has 0 radical (unpaired) electrons. The van der Waals surface area contributed by atoms with Crippen LogP contribution in [0, 0.1) is 11.3 Å². The molecule has 2 atom stereocenters. The molecule has 4 heterocycles. The van der Waals surface area contributed by atoms with Crippen molar-refractivity contribution < 1.29 is 14.3 Å². The summed E-state index contributed by atoms with van der Waals surface area (Å²) in [5.41, 5.74) is 1.51. The van der Waals surface area contributed by atoms with Gasteiger partial charge in [-0.1, -0.05) is 6.07 Å². The van der Waals surface area contributed by atoms with E-state index in [1.807, 2.05) is 12.1 Å². The summed E-state index contributed by atoms with van der Waals surface area (Å²) in [6, 6.07) is 5.48. The largest absolute Gasteiger partial charge is 0.477 e. The number of aromatic nitrogens is 2. The van der Waals surface area contributed by atoms with Crippen LogP contribution in [-0.2, 0) is 4.79 Å². The number of hydrogen-bond donors (Lipinski definition) is 1. The van der Waals surface area contributed by atoms with Gasteiger partial charge in [0.25, 0.3) is 5.91 Å². The summed E-state index contributed by atoms with van der Waals surface area (Å²) in [5.74, 6) is 0.457. The van der Waals surface area contributed by atoms with Crippen molar-refractivity contribution in [3.8, 4) is 5.88 Å². The van der Waals surface area contributed by atoms with E-state index >= 15 is 0 Å². The molecule has 0 bridgehead atoms. The standard InChI is InChI=1S/C17H18N4O3S/c22-15(13-9-25-11-20-13)21-6-4-17(10-21)12(7-19-16(17)23)8-24-14-3-1-2-5-18-14/h1-3,5,9,11-12H,4,6-8,10H2,(H,19,23)/t12-,17-/m0/s1. The Balaban J connectivity index is 1.47. The van der Waals surface area contributed by atoms with E-state index in [0.29, 0.717) is 44.2 Å². The van der Waals surface area contributed by atoms with Gasteiger partial charge >= 0.3 is 0 Å². The first-order valence-corrected chi connectivity index (χ1v) is 9.13. The lowest BCUT2D eigenvalue weighted by atomic mass is 9.77. The number of nitrogens with zero attached hydrogens (tertiary/aromatic N) is 3. The van der Waals surface area contributed by atoms with Crippen LogP contribution in [0.1, 0.15) is 16.9 Å². The average molecular weight is 358 g/mol. The minimum Gasteiger partial charge on any atom is -0.477 e. The number of carbonyl (C=O) groups is 2. The van der Waals surface area contributed by atoms with Crippen molar-refractivity contribution >= 4 is 23.2 Å². The number of thiazole rings is 1. The minimum absolute atomic E-state index is 0.00948. The molecule has 1 spiro atoms. The van der Waals surface area contributed by atoms with Crippen molar-refractivity contribution in [3.63, 3.8) is 0 Å². The molecule has 25 heavy (non-hydrogen) atoms. The fraction of sp³-hybridized carbons (Fsp3) is 0.412. The third-order valence-corrected chi connectivity index (χ3v) is 5.64. The molecule has 130 valence electrons. The van der Waals surface area contributed by atoms with E-state index in [1.165, 1.54) is 11.3 Å². The van der Waals surface area contributed by atoms with E-state index < -0.39 is 5.41 Å². The zero-order valence-electron chi connectivity index (χ0n) is 13.6. The van der Waals surface area contributed by atoms with Gasteiger partial charge in [-0.05, 0) is 12.5 Å². The van der Waals surface area contributed by atoms with Crippen molar-refractivity contribution in [2.45, 2.75) is 6.42 Å². The Hall–Kier alpha value is -2.48. The Morgan fingerprint density at radius 1 is 1.44 bits per heavy atom. The van der Waals surface area contributed by atoms with Crippen molar-refractivity contribution in [3.05, 3.63) is 41.0 Å². The lowest BCUT2D eigenvalue weighted by molar-refractivity contribution is -0.128. The van der Waals surface area contributed by atoms with E-state index in [9.17, 15) is 9.59 Å². The highest BCUT2D eigenvalue weighted by Crippen LogP contribution is 2.42. The summed E-state index contributed by atoms with van der Waals surface area (Å²) in [7, 11) is 0. The number of ether oxygens (including phenoxy) is 1. The lowest BCUT2D eigenvalue weighted by Crippen LogP contribution is -2.41. The van der Waals surface area contributed by atoms with Crippen LogP contribution in [0.5, 0.6) is 5.88 Å². The first-order valence-electron chi connectivity index (χ1n) is 8.19. The van der Waals surface area contributed by atoms with Gasteiger partial charge in [-0.25, -0.2) is 9.97 Å². The van der Waals surface area contributed by atoms with E-state index in [-0.39, 0.29) is 17.7 Å². The molecule has 0 aliphatic carbocycles. The number of pyridine rings is 1. The monoisotopic (exact) mass is 358 g/mol. The quantitative estimate of drug-likeness (QED) is 0.888. The van der Waals surface area contributed by atoms with E-state index in [0.717, 1.165) is 0 Å². The van der Waals surface area contributed by atoms with Gasteiger partial charge in [0, 0.05) is 43.2 Å². The SMILES string of the molecule is O=C(c1cscn1)N1CC[C@@]2(C1)C(=O)NC[C@H]2COc1ccccn1. The molecule has 2 aliphatic rings. The molecule has 7 nitrogen and oxygen atoms in total. The van der Waals surface area contributed by atoms with Gasteiger partial charge in [-0.15, -0.1) is 11.3 Å². The molecule has 1 N–H and O–H groups in total. The molecule has 2 saturated heterocycles. The maximum atomic E-state index is 12.5. The third-order valence-electron chi connectivity index (χ3n) is 5.05. The molecule has 2 aliphatic heterocycles. The van der Waals surface area contributed by atoms with Crippen LogP contribution in [0.25, 0.3) is 0 Å². The topological polar surface area (TPSA) is 84.4 Å². The second-order valence-electron chi connectivity index (χ2n) is 6.39. The first-order chi connectivity index (χ1) is 12.2. The molecule has 0 aromatic carbocycles. The van der Waals surface area contributed by atoms with Crippen molar-refractivity contribution in [1.82, 2.24) is 20.2 Å². The zero-order valence-corrected chi connectivity index (χ0v) is 14.4. The van der Waals surface area contributed by atoms with Crippen molar-refractivity contribution in [1.29, 1.82) is 0 Å². The summed E-state index contributed by atoms with van der Waals surface area (Å²) in [5, 5.41) is 4.68. The number of carbonyl (C=O) groups excluding carboxylic acids is 2. The Morgan fingerprint density at radius 3 is 3.12 bits per heavy atom. The third kappa shape index (κ3) is 2.86. The van der Waals surface area contributed by atoms with E-state index in [1.54, 1.807) is 28.1 Å². The van der Waals surface area contributed by atoms with Crippen LogP contribution >= 0.6 is 11.3 Å². The zero-order chi connectivity index (χ0) is 17.3. The van der Waals surface area contributed by atoms with Crippen LogP contribution in [-0.4, -0.2) is 52.9 Å². The van der Waals surface area contributed by atoms with Crippen LogP contribution in [0.2, 0.25) is 0 Å². The number of nitrogens with one attached hydrogen (secondary N) is 1. The Kier molecular flexibility index (Phi) is 4.12. The van der Waals surface area contributed by atoms with Crippen LogP contribution in [0.3, 0.4) is 0 Å². The lowest BCUT2D eigenvalue weighted by Gasteiger charge is -2.27. The molecule has 8 heteroatoms. The van der Waals surface area contributed by atoms with Crippen molar-refractivity contribution in [2.24, 2.45) is 11.3 Å². The molecule has 2 aromatic heterocycles. The van der Waals surface area contributed by atoms with Gasteiger partial charge in [0.2, 0.25) is 11.8 Å². The minimum atomic E-state index is -0.583. The maximum absolute atomic E-state index is 12.5. The molecule has 2 aromatic rings. The Bertz CT molecular complexity index is 767. The van der Waals surface area contributed by atoms with Crippen LogP contribution in [0.4, 0.5) is 0 Å². The maximum Gasteiger partial charge on any atom is 0.273 e. The second-order valence-corrected chi connectivity index (χ2v) is 7.11. The molecule has 2 amide bonds. The summed E-state index contributed by atoms with van der Waals surface area (Å²) in [4.78, 5) is 35.0. The fourth-order valence-electron chi connectivity index (χ4n) is 3.61. The summed E-state index contributed by atoms with van der Waals surface area (Å²) >= 11 is 1.39. The predicted octanol–water partition coefficient (Wildman–Crippen LogP) is 1.20. The molecule has 0 unspecified atom stereocenters. The van der Waals surface area contributed by atoms with Crippen LogP contribution in [0.15, 0.2) is 35.3 Å². The van der Waals surface area contributed by atoms with Gasteiger partial charge < -0.3 is 15.0 Å². The van der Waals surface area contributed by atoms with Gasteiger partial charge in [-0.3, -0.25) is 9.59 Å². The van der Waals surface area contributed by atoms with Gasteiger partial charge in [0.1, 0.15) is 5.69 Å². The summed E-state index contributed by atoms with van der Waals surface area (Å²) in [6.07, 6.45) is 2.32. The highest BCUT2D eigenvalue weighted by molar-refractivity contribution is 7.07. The van der Waals surface area contributed by atoms with Crippen molar-refractivity contribution in [2.75, 3.05) is 26.2 Å². The highest BCUT2D eigenvalue weighted by Gasteiger charge is 2.55. The normalized spacial score (nSPS) is 25.4. The number of hydrogen-bond acceptors (Lipinski definition) is 6. The molecule has 0 saturated carbocycles. The molecule has 4 rings (SSSR count). The van der Waals surface area contributed by atoms with E-state index in [4.69, 9.17) is 4.74 Å². The van der Waals surface area contributed by atoms with E-state index in [2.05, 4.69) is 15.3 Å². The predicted molar refractivity (Wildman–Crippen MR) is 91.3 cm³/mol. The Morgan fingerprint density at radius 2 is 2.36 bits per heavy atom. The van der Waals surface area contributed by atoms with Gasteiger partial charge in [-0.2, -0.15) is 0 Å². The number of amides is 2. The summed E-state index contributed by atoms with van der Waals surface area (Å²) < 4.78 is 5.78. The smallest absolute Gasteiger partial charge is 0.273 e. The summed E-state index contributed by atoms with van der Waals surface area (Å²) in [6.45, 7) is 1.92. The molecular formula is C17H18N4O3S. The number of rotatable bonds is 4. The van der Waals surface area contributed by atoms with Crippen LogP contribution < -0.4 is 10.1 Å². The molecular weight excluding hydrogens is 340 g/mol. The highest BCUT2D eigenvalue weighted by atomic mass is 32.1. The number of likely N-dealkylation sites (tertiary alicyclic amines) is 1. The molecule has 2 fully saturated rings. The second kappa shape index (κ2) is 6.44. The Labute approximate surface area is 149 Å². The fourth-order valence-corrected chi connectivity index (χ4v) is 4.14. The average Bonchev–Trinajstić information content (AvgIpc) is 3.37. The first kappa shape index (κ1) is 16.0.